The number of hydrogen-bond acceptors (Lipinski definition) is 9. The van der Waals surface area contributed by atoms with Gasteiger partial charge in [0.2, 0.25) is 11.8 Å². The van der Waals surface area contributed by atoms with Crippen LogP contribution in [0.1, 0.15) is 0 Å². The van der Waals surface area contributed by atoms with Crippen LogP contribution in [0.4, 0.5) is 17.1 Å². The van der Waals surface area contributed by atoms with Crippen molar-refractivity contribution in [3.8, 4) is 22.9 Å². The van der Waals surface area contributed by atoms with Gasteiger partial charge < -0.3 is 13.7 Å². The Balaban J connectivity index is 1.15. The van der Waals surface area contributed by atoms with Gasteiger partial charge in [0.1, 0.15) is 11.0 Å². The van der Waals surface area contributed by atoms with Crippen molar-refractivity contribution in [2.75, 3.05) is 4.90 Å². The van der Waals surface area contributed by atoms with Crippen molar-refractivity contribution in [2.24, 2.45) is 0 Å². The average molecular weight is 676 g/mol. The fraction of sp³-hybridized carbons (Fsp3) is 0. The van der Waals surface area contributed by atoms with E-state index >= 15 is 0 Å². The highest BCUT2D eigenvalue weighted by Crippen LogP contribution is 2.69. The fourth-order valence-corrected chi connectivity index (χ4v) is 12.2. The molecule has 0 atom stereocenters. The third-order valence-electron chi connectivity index (χ3n) is 9.05. The highest BCUT2D eigenvalue weighted by molar-refractivity contribution is 8.02. The fourth-order valence-electron chi connectivity index (χ4n) is 7.02. The van der Waals surface area contributed by atoms with E-state index in [9.17, 15) is 0 Å². The summed E-state index contributed by atoms with van der Waals surface area (Å²) in [6.07, 6.45) is 0. The van der Waals surface area contributed by atoms with Crippen LogP contribution in [0.3, 0.4) is 0 Å². The van der Waals surface area contributed by atoms with E-state index in [1.807, 2.05) is 83.4 Å². The molecule has 0 radical (unpaired) electrons. The molecular formula is C38H17N3O2S4. The molecule has 3 aromatic heterocycles. The molecule has 9 aromatic rings. The first-order chi connectivity index (χ1) is 23.2. The van der Waals surface area contributed by atoms with E-state index in [1.54, 1.807) is 11.8 Å². The number of benzene rings is 6. The summed E-state index contributed by atoms with van der Waals surface area (Å²) in [4.78, 5) is 19.6. The summed E-state index contributed by atoms with van der Waals surface area (Å²) >= 11 is 7.42. The van der Waals surface area contributed by atoms with Crippen molar-refractivity contribution in [2.45, 2.75) is 29.4 Å². The lowest BCUT2D eigenvalue weighted by atomic mass is 10.1. The summed E-state index contributed by atoms with van der Waals surface area (Å²) in [7, 11) is 0. The van der Waals surface area contributed by atoms with Crippen molar-refractivity contribution < 1.29 is 8.83 Å². The largest absolute Gasteiger partial charge is 0.436 e. The van der Waals surface area contributed by atoms with Crippen LogP contribution in [0.5, 0.6) is 0 Å². The van der Waals surface area contributed by atoms with Gasteiger partial charge in [-0.2, -0.15) is 0 Å². The second kappa shape index (κ2) is 9.02. The highest BCUT2D eigenvalue weighted by Gasteiger charge is 2.41. The van der Waals surface area contributed by atoms with Crippen molar-refractivity contribution in [3.63, 3.8) is 0 Å². The van der Waals surface area contributed by atoms with E-state index in [2.05, 4.69) is 59.5 Å². The Hall–Kier alpha value is -4.67. The van der Waals surface area contributed by atoms with Gasteiger partial charge >= 0.3 is 0 Å². The summed E-state index contributed by atoms with van der Waals surface area (Å²) in [5.74, 6) is 1.28. The molecule has 0 bridgehead atoms. The number of nitrogens with zero attached hydrogens (tertiary/aromatic N) is 3. The Morgan fingerprint density at radius 3 is 1.66 bits per heavy atom. The Bertz CT molecular complexity index is 2780. The van der Waals surface area contributed by atoms with Gasteiger partial charge in [0.05, 0.1) is 26.7 Å². The van der Waals surface area contributed by atoms with E-state index in [0.717, 1.165) is 33.3 Å². The van der Waals surface area contributed by atoms with Crippen LogP contribution in [0, 0.1) is 0 Å². The molecule has 0 saturated carbocycles. The maximum Gasteiger partial charge on any atom is 0.227 e. The molecule has 0 spiro atoms. The van der Waals surface area contributed by atoms with Crippen LogP contribution in [0.15, 0.2) is 141 Å². The Morgan fingerprint density at radius 1 is 0.511 bits per heavy atom. The molecule has 0 amide bonds. The molecule has 0 aliphatic carbocycles. The van der Waals surface area contributed by atoms with E-state index in [-0.39, 0.29) is 0 Å². The van der Waals surface area contributed by atoms with Crippen molar-refractivity contribution in [1.29, 1.82) is 0 Å². The molecule has 5 nitrogen and oxygen atoms in total. The summed E-state index contributed by atoms with van der Waals surface area (Å²) in [6, 6.07) is 36.1. The molecule has 9 heteroatoms. The van der Waals surface area contributed by atoms with Gasteiger partial charge in [-0.1, -0.05) is 77.8 Å². The van der Waals surface area contributed by atoms with E-state index < -0.39 is 0 Å². The van der Waals surface area contributed by atoms with Crippen LogP contribution in [0.25, 0.3) is 65.3 Å². The van der Waals surface area contributed by atoms with Gasteiger partial charge in [-0.3, -0.25) is 0 Å². The van der Waals surface area contributed by atoms with Gasteiger partial charge in [-0.15, -0.1) is 11.3 Å². The van der Waals surface area contributed by atoms with E-state index in [1.165, 1.54) is 66.6 Å². The number of oxazole rings is 2. The predicted octanol–water partition coefficient (Wildman–Crippen LogP) is 12.5. The van der Waals surface area contributed by atoms with Crippen LogP contribution >= 0.6 is 46.6 Å². The molecule has 47 heavy (non-hydrogen) atoms. The lowest BCUT2D eigenvalue weighted by Gasteiger charge is -2.43. The highest BCUT2D eigenvalue weighted by atomic mass is 32.2. The van der Waals surface area contributed by atoms with Gasteiger partial charge in [-0.05, 0) is 60.7 Å². The second-order valence-electron chi connectivity index (χ2n) is 11.8. The minimum Gasteiger partial charge on any atom is -0.436 e. The first kappa shape index (κ1) is 25.4. The number of anilines is 3. The number of aromatic nitrogens is 2. The van der Waals surface area contributed by atoms with Crippen LogP contribution in [-0.4, -0.2) is 9.97 Å². The molecule has 3 aliphatic heterocycles. The monoisotopic (exact) mass is 675 g/mol. The van der Waals surface area contributed by atoms with Crippen molar-refractivity contribution in [3.05, 3.63) is 103 Å². The maximum absolute atomic E-state index is 6.31. The second-order valence-corrected chi connectivity index (χ2v) is 16.1. The summed E-state index contributed by atoms with van der Waals surface area (Å²) < 4.78 is 15.2. The number of para-hydroxylation sites is 4. The molecule has 12 rings (SSSR count). The third-order valence-corrected chi connectivity index (χ3v) is 13.6. The van der Waals surface area contributed by atoms with Gasteiger partial charge in [0.25, 0.3) is 0 Å². The molecule has 0 fully saturated rings. The van der Waals surface area contributed by atoms with Crippen LogP contribution < -0.4 is 4.90 Å². The Kier molecular flexibility index (Phi) is 4.88. The molecule has 6 heterocycles. The maximum atomic E-state index is 6.31. The zero-order valence-electron chi connectivity index (χ0n) is 24.1. The minimum absolute atomic E-state index is 0.637. The zero-order chi connectivity index (χ0) is 30.4. The first-order valence-electron chi connectivity index (χ1n) is 15.1. The average Bonchev–Trinajstić information content (AvgIpc) is 3.83. The summed E-state index contributed by atoms with van der Waals surface area (Å²) in [6.45, 7) is 0. The third kappa shape index (κ3) is 3.44. The smallest absolute Gasteiger partial charge is 0.227 e. The van der Waals surface area contributed by atoms with Crippen molar-refractivity contribution in [1.82, 2.24) is 9.97 Å². The van der Waals surface area contributed by atoms with Crippen LogP contribution in [0.2, 0.25) is 0 Å². The lowest BCUT2D eigenvalue weighted by molar-refractivity contribution is 0.619. The molecule has 3 aliphatic rings. The topological polar surface area (TPSA) is 55.3 Å². The number of rotatable bonds is 2. The predicted molar refractivity (Wildman–Crippen MR) is 192 cm³/mol. The number of fused-ring (bicyclic) bond motifs is 6. The van der Waals surface area contributed by atoms with E-state index in [4.69, 9.17) is 18.8 Å². The van der Waals surface area contributed by atoms with Gasteiger partial charge in [-0.25, -0.2) is 9.97 Å². The quantitative estimate of drug-likeness (QED) is 0.179. The van der Waals surface area contributed by atoms with Gasteiger partial charge in [0.15, 0.2) is 11.2 Å². The SMILES string of the molecule is c1ccc2oc(-c3cc4c5c(c3)Sc3cc6c(sc7ccccc76)c6c3N5c3c(cc(-c5nc7ccccc7o5)cc3S6)S4)nc2c1. The summed E-state index contributed by atoms with van der Waals surface area (Å²) in [5, 5.41) is 2.61. The summed E-state index contributed by atoms with van der Waals surface area (Å²) in [5.41, 5.74) is 9.02. The number of thiophene rings is 1. The molecule has 0 unspecified atom stereocenters. The van der Waals surface area contributed by atoms with Crippen molar-refractivity contribution >= 4 is 106 Å². The number of hydrogen-bond donors (Lipinski definition) is 0. The molecule has 0 N–H and O–H groups in total. The standard InChI is InChI=1S/C38H17N3O2S4/c1-6-12-26-20(7-1)21-17-31-34-36(35(21)46-26)47-30-16-19(38-40-23-9-3-5-11-25(23)43-38)15-29-33(30)41(34)32-27(44-29)13-18(14-28(32)45-31)37-39-22-8-2-4-10-24(22)42-37/h1-17H. The lowest BCUT2D eigenvalue weighted by Crippen LogP contribution is -2.22. The Morgan fingerprint density at radius 2 is 1.04 bits per heavy atom. The molecule has 0 saturated heterocycles. The molecule has 6 aromatic carbocycles. The van der Waals surface area contributed by atoms with E-state index in [0.29, 0.717) is 11.8 Å². The zero-order valence-corrected chi connectivity index (χ0v) is 27.4. The normalized spacial score (nSPS) is 14.1. The Labute approximate surface area is 283 Å². The molecular weight excluding hydrogens is 659 g/mol. The minimum atomic E-state index is 0.637. The first-order valence-corrected chi connectivity index (χ1v) is 18.4. The molecule has 220 valence electrons. The van der Waals surface area contributed by atoms with Gasteiger partial charge in [0, 0.05) is 51.1 Å². The van der Waals surface area contributed by atoms with Crippen LogP contribution in [-0.2, 0) is 0 Å².